The molecule has 0 unspecified atom stereocenters. The van der Waals surface area contributed by atoms with Gasteiger partial charge in [0.15, 0.2) is 11.5 Å². The first kappa shape index (κ1) is 24.0. The van der Waals surface area contributed by atoms with Crippen LogP contribution < -0.4 is 19.5 Å². The molecule has 2 heterocycles. The highest BCUT2D eigenvalue weighted by molar-refractivity contribution is 7.89. The van der Waals surface area contributed by atoms with Crippen molar-refractivity contribution in [2.45, 2.75) is 17.7 Å². The number of nitrogens with one attached hydrogen (secondary N) is 2. The standard InChI is InChI=1S/C21H30N4O6S/c1-2-7-22-20(26)16-24-9-11-25(12-10-24)21(27)6-8-23-32(28,29)17-4-5-18-19(15-17)31-14-3-13-30-18/h2,4-5,15,23H,1,3,6-14,16H2,(H,22,26). The van der Waals surface area contributed by atoms with Crippen LogP contribution in [0.2, 0.25) is 0 Å². The van der Waals surface area contributed by atoms with Crippen molar-refractivity contribution in [1.82, 2.24) is 19.8 Å². The number of carbonyl (C=O) groups is 2. The third-order valence-corrected chi connectivity index (χ3v) is 6.65. The van der Waals surface area contributed by atoms with E-state index in [9.17, 15) is 18.0 Å². The van der Waals surface area contributed by atoms with Gasteiger partial charge in [-0.1, -0.05) is 6.08 Å². The molecule has 2 N–H and O–H groups in total. The fourth-order valence-corrected chi connectivity index (χ4v) is 4.49. The van der Waals surface area contributed by atoms with Crippen LogP contribution in [0, 0.1) is 0 Å². The largest absolute Gasteiger partial charge is 0.490 e. The average molecular weight is 467 g/mol. The summed E-state index contributed by atoms with van der Waals surface area (Å²) in [6.07, 6.45) is 2.41. The van der Waals surface area contributed by atoms with Crippen molar-refractivity contribution < 1.29 is 27.5 Å². The van der Waals surface area contributed by atoms with E-state index in [2.05, 4.69) is 16.6 Å². The zero-order chi connectivity index (χ0) is 23.0. The molecule has 0 spiro atoms. The van der Waals surface area contributed by atoms with Gasteiger partial charge in [-0.2, -0.15) is 0 Å². The minimum absolute atomic E-state index is 0.000216. The van der Waals surface area contributed by atoms with Gasteiger partial charge < -0.3 is 19.7 Å². The lowest BCUT2D eigenvalue weighted by atomic mass is 10.2. The predicted octanol–water partition coefficient (Wildman–Crippen LogP) is -0.0373. The van der Waals surface area contributed by atoms with Gasteiger partial charge >= 0.3 is 0 Å². The fourth-order valence-electron chi connectivity index (χ4n) is 3.44. The van der Waals surface area contributed by atoms with Crippen LogP contribution in [0.3, 0.4) is 0 Å². The number of rotatable bonds is 9. The maximum atomic E-state index is 12.6. The molecule has 11 heteroatoms. The SMILES string of the molecule is C=CCNC(=O)CN1CCN(C(=O)CCNS(=O)(=O)c2ccc3c(c2)OCCCO3)CC1. The van der Waals surface area contributed by atoms with Gasteiger partial charge in [0.1, 0.15) is 0 Å². The number of amides is 2. The molecule has 0 aliphatic carbocycles. The highest BCUT2D eigenvalue weighted by Gasteiger charge is 2.23. The normalized spacial score (nSPS) is 16.8. The van der Waals surface area contributed by atoms with E-state index in [0.717, 1.165) is 6.42 Å². The van der Waals surface area contributed by atoms with E-state index in [-0.39, 0.29) is 36.2 Å². The Hall–Kier alpha value is -2.63. The molecule has 32 heavy (non-hydrogen) atoms. The molecule has 2 amide bonds. The molecule has 1 fully saturated rings. The molecule has 0 radical (unpaired) electrons. The lowest BCUT2D eigenvalue weighted by Crippen LogP contribution is -2.51. The maximum absolute atomic E-state index is 12.6. The lowest BCUT2D eigenvalue weighted by molar-refractivity contribution is -0.133. The minimum Gasteiger partial charge on any atom is -0.490 e. The van der Waals surface area contributed by atoms with E-state index in [4.69, 9.17) is 9.47 Å². The Morgan fingerprint density at radius 1 is 1.09 bits per heavy atom. The molecule has 10 nitrogen and oxygen atoms in total. The molecule has 176 valence electrons. The first-order valence-corrected chi connectivity index (χ1v) is 12.1. The van der Waals surface area contributed by atoms with Gasteiger partial charge in [-0.05, 0) is 12.1 Å². The van der Waals surface area contributed by atoms with Crippen molar-refractivity contribution in [3.63, 3.8) is 0 Å². The number of piperazine rings is 1. The molecule has 0 aromatic heterocycles. The molecule has 1 aromatic rings. The van der Waals surface area contributed by atoms with Gasteiger partial charge in [0.2, 0.25) is 21.8 Å². The van der Waals surface area contributed by atoms with Crippen LogP contribution in [-0.2, 0) is 19.6 Å². The second kappa shape index (κ2) is 11.3. The molecular weight excluding hydrogens is 436 g/mol. The summed E-state index contributed by atoms with van der Waals surface area (Å²) < 4.78 is 38.7. The number of nitrogens with zero attached hydrogens (tertiary/aromatic N) is 2. The molecule has 2 aliphatic heterocycles. The quantitative estimate of drug-likeness (QED) is 0.491. The second-order valence-corrected chi connectivity index (χ2v) is 9.32. The van der Waals surface area contributed by atoms with Gasteiger partial charge in [0.05, 0.1) is 24.7 Å². The Morgan fingerprint density at radius 2 is 1.81 bits per heavy atom. The topological polar surface area (TPSA) is 117 Å². The van der Waals surface area contributed by atoms with Crippen LogP contribution >= 0.6 is 0 Å². The molecule has 1 saturated heterocycles. The van der Waals surface area contributed by atoms with Crippen molar-refractivity contribution in [3.05, 3.63) is 30.9 Å². The van der Waals surface area contributed by atoms with Crippen LogP contribution in [0.4, 0.5) is 0 Å². The van der Waals surface area contributed by atoms with E-state index in [1.54, 1.807) is 17.0 Å². The predicted molar refractivity (Wildman–Crippen MR) is 118 cm³/mol. The van der Waals surface area contributed by atoms with Gasteiger partial charge in [-0.3, -0.25) is 14.5 Å². The third kappa shape index (κ3) is 6.68. The Kier molecular flexibility index (Phi) is 8.48. The fraction of sp³-hybridized carbons (Fsp3) is 0.524. The zero-order valence-corrected chi connectivity index (χ0v) is 18.9. The molecule has 3 rings (SSSR count). The second-order valence-electron chi connectivity index (χ2n) is 7.56. The summed E-state index contributed by atoms with van der Waals surface area (Å²) in [5.41, 5.74) is 0. The first-order valence-electron chi connectivity index (χ1n) is 10.7. The molecular formula is C21H30N4O6S. The van der Waals surface area contributed by atoms with Crippen molar-refractivity contribution in [2.24, 2.45) is 0 Å². The Labute approximate surface area is 188 Å². The lowest BCUT2D eigenvalue weighted by Gasteiger charge is -2.34. The first-order chi connectivity index (χ1) is 15.4. The molecule has 1 aromatic carbocycles. The van der Waals surface area contributed by atoms with Gasteiger partial charge in [0, 0.05) is 58.2 Å². The van der Waals surface area contributed by atoms with Crippen LogP contribution in [0.5, 0.6) is 11.5 Å². The smallest absolute Gasteiger partial charge is 0.240 e. The van der Waals surface area contributed by atoms with Crippen molar-refractivity contribution in [2.75, 3.05) is 59.0 Å². The maximum Gasteiger partial charge on any atom is 0.240 e. The van der Waals surface area contributed by atoms with E-state index in [1.807, 2.05) is 4.90 Å². The van der Waals surface area contributed by atoms with Crippen LogP contribution in [0.1, 0.15) is 12.8 Å². The number of benzene rings is 1. The summed E-state index contributed by atoms with van der Waals surface area (Å²) in [6.45, 7) is 7.45. The van der Waals surface area contributed by atoms with Crippen LogP contribution in [0.15, 0.2) is 35.7 Å². The van der Waals surface area contributed by atoms with Crippen molar-refractivity contribution in [1.29, 1.82) is 0 Å². The monoisotopic (exact) mass is 466 g/mol. The Bertz CT molecular complexity index is 928. The van der Waals surface area contributed by atoms with Crippen LogP contribution in [0.25, 0.3) is 0 Å². The van der Waals surface area contributed by atoms with E-state index < -0.39 is 10.0 Å². The number of fused-ring (bicyclic) bond motifs is 1. The van der Waals surface area contributed by atoms with Gasteiger partial charge in [-0.25, -0.2) is 13.1 Å². The number of hydrogen-bond donors (Lipinski definition) is 2. The third-order valence-electron chi connectivity index (χ3n) is 5.20. The van der Waals surface area contributed by atoms with Gasteiger partial charge in [-0.15, -0.1) is 6.58 Å². The van der Waals surface area contributed by atoms with Crippen LogP contribution in [-0.4, -0.2) is 89.1 Å². The highest BCUT2D eigenvalue weighted by Crippen LogP contribution is 2.31. The number of hydrogen-bond acceptors (Lipinski definition) is 7. The van der Waals surface area contributed by atoms with Crippen molar-refractivity contribution >= 4 is 21.8 Å². The number of carbonyl (C=O) groups excluding carboxylic acids is 2. The molecule has 0 bridgehead atoms. The van der Waals surface area contributed by atoms with Crippen molar-refractivity contribution in [3.8, 4) is 11.5 Å². The zero-order valence-electron chi connectivity index (χ0n) is 18.0. The molecule has 2 aliphatic rings. The van der Waals surface area contributed by atoms with E-state index in [0.29, 0.717) is 57.4 Å². The summed E-state index contributed by atoms with van der Waals surface area (Å²) in [5, 5.41) is 2.73. The summed E-state index contributed by atoms with van der Waals surface area (Å²) in [6, 6.07) is 4.48. The summed E-state index contributed by atoms with van der Waals surface area (Å²) in [5.74, 6) is 0.724. The van der Waals surface area contributed by atoms with E-state index in [1.165, 1.54) is 12.1 Å². The Morgan fingerprint density at radius 3 is 2.53 bits per heavy atom. The summed E-state index contributed by atoms with van der Waals surface area (Å²) >= 11 is 0. The minimum atomic E-state index is -3.78. The highest BCUT2D eigenvalue weighted by atomic mass is 32.2. The summed E-state index contributed by atoms with van der Waals surface area (Å²) in [7, 11) is -3.78. The molecule has 0 saturated carbocycles. The van der Waals surface area contributed by atoms with Gasteiger partial charge in [0.25, 0.3) is 0 Å². The number of sulfonamides is 1. The summed E-state index contributed by atoms with van der Waals surface area (Å²) in [4.78, 5) is 28.0. The van der Waals surface area contributed by atoms with E-state index >= 15 is 0 Å². The Balaban J connectivity index is 1.43. The number of ether oxygens (including phenoxy) is 2. The average Bonchev–Trinajstić information content (AvgIpc) is 3.03. The molecule has 0 atom stereocenters.